The first-order valence-electron chi connectivity index (χ1n) is 9.29. The highest BCUT2D eigenvalue weighted by molar-refractivity contribution is 5.70. The summed E-state index contributed by atoms with van der Waals surface area (Å²) in [5.74, 6) is 0. The Kier molecular flexibility index (Phi) is 3.52. The third-order valence-electron chi connectivity index (χ3n) is 5.68. The zero-order valence-corrected chi connectivity index (χ0v) is 16.0. The molecule has 1 spiro atoms. The molecule has 2 fully saturated rings. The minimum Gasteiger partial charge on any atom is -0.442 e. The molecule has 2 aromatic rings. The number of carbonyl (C=O) groups is 1. The Hall–Kier alpha value is -2.30. The smallest absolute Gasteiger partial charge is 0.435 e. The average molecular weight is 353 g/mol. The fraction of sp³-hybridized carbons (Fsp3) is 0.524. The molecule has 4 rings (SSSR count). The maximum atomic E-state index is 12.4. The molecule has 2 saturated carbocycles. The monoisotopic (exact) mass is 353 g/mol. The van der Waals surface area contributed by atoms with Crippen LogP contribution in [0.3, 0.4) is 0 Å². The second-order valence-electron chi connectivity index (χ2n) is 9.15. The van der Waals surface area contributed by atoms with Crippen molar-refractivity contribution in [3.05, 3.63) is 47.3 Å². The molecule has 0 saturated heterocycles. The second kappa shape index (κ2) is 5.35. The quantitative estimate of drug-likeness (QED) is 0.812. The maximum Gasteiger partial charge on any atom is 0.435 e. The van der Waals surface area contributed by atoms with Gasteiger partial charge in [0.05, 0.1) is 5.69 Å². The van der Waals surface area contributed by atoms with Gasteiger partial charge in [0.25, 0.3) is 0 Å². The molecular weight excluding hydrogens is 326 g/mol. The van der Waals surface area contributed by atoms with Gasteiger partial charge in [-0.15, -0.1) is 0 Å². The number of aryl methyl sites for hydroxylation is 1. The van der Waals surface area contributed by atoms with Crippen LogP contribution in [0.4, 0.5) is 10.5 Å². The minimum absolute atomic E-state index is 0.150. The zero-order valence-electron chi connectivity index (χ0n) is 16.0. The molecule has 0 aliphatic heterocycles. The van der Waals surface area contributed by atoms with Gasteiger partial charge < -0.3 is 10.5 Å². The molecule has 5 nitrogen and oxygen atoms in total. The van der Waals surface area contributed by atoms with Crippen LogP contribution in [0.25, 0.3) is 0 Å². The number of carbonyl (C=O) groups excluding carboxylic acids is 1. The highest BCUT2D eigenvalue weighted by Crippen LogP contribution is 2.70. The second-order valence-corrected chi connectivity index (χ2v) is 9.15. The molecule has 2 aliphatic rings. The van der Waals surface area contributed by atoms with Crippen LogP contribution < -0.4 is 5.73 Å². The maximum absolute atomic E-state index is 12.4. The van der Waals surface area contributed by atoms with Gasteiger partial charge in [0.15, 0.2) is 0 Å². The third kappa shape index (κ3) is 2.79. The van der Waals surface area contributed by atoms with Crippen molar-refractivity contribution in [2.45, 2.75) is 64.4 Å². The number of nitrogens with two attached hydrogens (primary N) is 1. The molecule has 26 heavy (non-hydrogen) atoms. The number of aromatic nitrogens is 2. The molecule has 2 aliphatic carbocycles. The van der Waals surface area contributed by atoms with Gasteiger partial charge in [0.2, 0.25) is 0 Å². The Balaban J connectivity index is 1.73. The van der Waals surface area contributed by atoms with Crippen molar-refractivity contribution < 1.29 is 9.53 Å². The number of nitrogens with zero attached hydrogens (tertiary/aromatic N) is 2. The van der Waals surface area contributed by atoms with Crippen molar-refractivity contribution in [2.24, 2.45) is 5.41 Å². The van der Waals surface area contributed by atoms with Gasteiger partial charge in [0, 0.05) is 17.3 Å². The lowest BCUT2D eigenvalue weighted by Gasteiger charge is -2.48. The van der Waals surface area contributed by atoms with Gasteiger partial charge in [-0.3, -0.25) is 0 Å². The number of anilines is 1. The van der Waals surface area contributed by atoms with Crippen LogP contribution >= 0.6 is 0 Å². The van der Waals surface area contributed by atoms with Gasteiger partial charge in [-0.2, -0.15) is 9.78 Å². The molecule has 0 bridgehead atoms. The lowest BCUT2D eigenvalue weighted by atomic mass is 9.54. The van der Waals surface area contributed by atoms with Crippen molar-refractivity contribution in [3.63, 3.8) is 0 Å². The number of hydrogen-bond donors (Lipinski definition) is 1. The van der Waals surface area contributed by atoms with Crippen LogP contribution in [0.2, 0.25) is 0 Å². The summed E-state index contributed by atoms with van der Waals surface area (Å²) in [6, 6.07) is 8.11. The number of hydrogen-bond acceptors (Lipinski definition) is 4. The van der Waals surface area contributed by atoms with Crippen LogP contribution in [0.15, 0.2) is 30.5 Å². The summed E-state index contributed by atoms with van der Waals surface area (Å²) in [6.45, 7) is 7.60. The average Bonchev–Trinajstić information content (AvgIpc) is 3.19. The fourth-order valence-electron chi connectivity index (χ4n) is 4.44. The van der Waals surface area contributed by atoms with Crippen LogP contribution in [0.1, 0.15) is 63.3 Å². The van der Waals surface area contributed by atoms with Crippen LogP contribution in [-0.2, 0) is 10.2 Å². The Morgan fingerprint density at radius 1 is 1.27 bits per heavy atom. The summed E-state index contributed by atoms with van der Waals surface area (Å²) in [6.07, 6.45) is 6.10. The van der Waals surface area contributed by atoms with Gasteiger partial charge in [-0.05, 0) is 82.1 Å². The largest absolute Gasteiger partial charge is 0.442 e. The number of nitrogen functional groups attached to an aromatic ring is 1. The highest BCUT2D eigenvalue weighted by atomic mass is 16.6. The molecular formula is C21H27N3O2. The molecule has 0 atom stereocenters. The SMILES string of the molecule is Cc1cn(C(=O)OC(C)(C)C)nc1C1(c2cccc(N)c2)CC2(CC2)C1. The number of rotatable bonds is 2. The molecule has 1 aromatic carbocycles. The molecule has 2 N–H and O–H groups in total. The van der Waals surface area contributed by atoms with E-state index in [-0.39, 0.29) is 5.41 Å². The predicted octanol–water partition coefficient (Wildman–Crippen LogP) is 4.42. The van der Waals surface area contributed by atoms with Crippen molar-refractivity contribution in [2.75, 3.05) is 5.73 Å². The van der Waals surface area contributed by atoms with Crippen molar-refractivity contribution >= 4 is 11.8 Å². The van der Waals surface area contributed by atoms with E-state index in [0.717, 1.165) is 29.8 Å². The summed E-state index contributed by atoms with van der Waals surface area (Å²) in [5.41, 5.74) is 9.81. The highest BCUT2D eigenvalue weighted by Gasteiger charge is 2.63. The fourth-order valence-corrected chi connectivity index (χ4v) is 4.44. The molecule has 0 unspecified atom stereocenters. The normalized spacial score (nSPS) is 19.8. The zero-order chi connectivity index (χ0) is 18.7. The van der Waals surface area contributed by atoms with Gasteiger partial charge in [-0.1, -0.05) is 12.1 Å². The Morgan fingerprint density at radius 3 is 2.54 bits per heavy atom. The van der Waals surface area contributed by atoms with Gasteiger partial charge in [0.1, 0.15) is 5.60 Å². The first-order valence-corrected chi connectivity index (χ1v) is 9.29. The molecule has 0 radical (unpaired) electrons. The Morgan fingerprint density at radius 2 is 1.96 bits per heavy atom. The van der Waals surface area contributed by atoms with Crippen molar-refractivity contribution in [3.8, 4) is 0 Å². The van der Waals surface area contributed by atoms with E-state index in [1.165, 1.54) is 23.1 Å². The van der Waals surface area contributed by atoms with Crippen LogP contribution in [0, 0.1) is 12.3 Å². The summed E-state index contributed by atoms with van der Waals surface area (Å²) >= 11 is 0. The molecule has 1 heterocycles. The summed E-state index contributed by atoms with van der Waals surface area (Å²) in [4.78, 5) is 12.4. The van der Waals surface area contributed by atoms with E-state index in [1.54, 1.807) is 6.20 Å². The molecule has 1 aromatic heterocycles. The number of ether oxygens (including phenoxy) is 1. The van der Waals surface area contributed by atoms with Gasteiger partial charge >= 0.3 is 6.09 Å². The van der Waals surface area contributed by atoms with E-state index >= 15 is 0 Å². The topological polar surface area (TPSA) is 70.1 Å². The Bertz CT molecular complexity index is 864. The first-order chi connectivity index (χ1) is 12.1. The lowest BCUT2D eigenvalue weighted by Crippen LogP contribution is -2.44. The predicted molar refractivity (Wildman–Crippen MR) is 101 cm³/mol. The summed E-state index contributed by atoms with van der Waals surface area (Å²) < 4.78 is 6.83. The Labute approximate surface area is 154 Å². The summed E-state index contributed by atoms with van der Waals surface area (Å²) in [7, 11) is 0. The van der Waals surface area contributed by atoms with E-state index < -0.39 is 11.7 Å². The first kappa shape index (κ1) is 17.1. The van der Waals surface area contributed by atoms with Gasteiger partial charge in [-0.25, -0.2) is 4.79 Å². The van der Waals surface area contributed by atoms with E-state index in [1.807, 2.05) is 39.8 Å². The van der Waals surface area contributed by atoms with Crippen LogP contribution in [0.5, 0.6) is 0 Å². The number of benzene rings is 1. The van der Waals surface area contributed by atoms with E-state index in [0.29, 0.717) is 5.41 Å². The van der Waals surface area contributed by atoms with Crippen LogP contribution in [-0.4, -0.2) is 21.5 Å². The lowest BCUT2D eigenvalue weighted by molar-refractivity contribution is 0.0511. The van der Waals surface area contributed by atoms with Crippen molar-refractivity contribution in [1.82, 2.24) is 9.78 Å². The molecule has 0 amide bonds. The molecule has 138 valence electrons. The molecule has 5 heteroatoms. The van der Waals surface area contributed by atoms with E-state index in [2.05, 4.69) is 17.2 Å². The van der Waals surface area contributed by atoms with Crippen molar-refractivity contribution in [1.29, 1.82) is 0 Å². The standard InChI is InChI=1S/C21H27N3O2/c1-14-11-24(18(25)26-19(2,3)4)23-17(14)21(12-20(13-21)8-9-20)15-6-5-7-16(22)10-15/h5-7,10-11H,8-9,12-13,22H2,1-4H3. The summed E-state index contributed by atoms with van der Waals surface area (Å²) in [5, 5.41) is 4.69. The third-order valence-corrected chi connectivity index (χ3v) is 5.68. The van der Waals surface area contributed by atoms with E-state index in [9.17, 15) is 4.79 Å². The minimum atomic E-state index is -0.544. The van der Waals surface area contributed by atoms with E-state index in [4.69, 9.17) is 10.5 Å².